The Morgan fingerprint density at radius 1 is 1.12 bits per heavy atom. The largest absolute Gasteiger partial charge is 0.478 e. The molecule has 1 heterocycles. The molecule has 0 amide bonds. The molecular formula is C11H7F2NO2. The number of aromatic nitrogens is 1. The van der Waals surface area contributed by atoms with Crippen molar-refractivity contribution in [2.75, 3.05) is 0 Å². The molecule has 2 rings (SSSR count). The van der Waals surface area contributed by atoms with E-state index in [0.29, 0.717) is 6.07 Å². The third-order valence-corrected chi connectivity index (χ3v) is 2.15. The van der Waals surface area contributed by atoms with Crippen LogP contribution in [0.4, 0.5) is 8.78 Å². The van der Waals surface area contributed by atoms with E-state index < -0.39 is 23.2 Å². The van der Waals surface area contributed by atoms with Gasteiger partial charge < -0.3 is 9.67 Å². The van der Waals surface area contributed by atoms with Crippen molar-refractivity contribution < 1.29 is 18.7 Å². The van der Waals surface area contributed by atoms with Crippen LogP contribution in [0.25, 0.3) is 5.69 Å². The fraction of sp³-hybridized carbons (Fsp3) is 0. The number of aromatic carboxylic acids is 1. The van der Waals surface area contributed by atoms with E-state index >= 15 is 0 Å². The van der Waals surface area contributed by atoms with E-state index in [0.717, 1.165) is 6.07 Å². The van der Waals surface area contributed by atoms with Crippen LogP contribution in [-0.4, -0.2) is 15.6 Å². The van der Waals surface area contributed by atoms with E-state index in [4.69, 9.17) is 5.11 Å². The van der Waals surface area contributed by atoms with E-state index in [-0.39, 0.29) is 5.69 Å². The van der Waals surface area contributed by atoms with Crippen LogP contribution in [0.2, 0.25) is 0 Å². The van der Waals surface area contributed by atoms with Gasteiger partial charge in [-0.05, 0) is 18.2 Å². The molecule has 2 aromatic rings. The van der Waals surface area contributed by atoms with E-state index in [1.54, 1.807) is 24.5 Å². The van der Waals surface area contributed by atoms with Gasteiger partial charge in [0.1, 0.15) is 11.6 Å². The lowest BCUT2D eigenvalue weighted by molar-refractivity contribution is 0.0691. The second kappa shape index (κ2) is 3.77. The van der Waals surface area contributed by atoms with Gasteiger partial charge in [0, 0.05) is 18.5 Å². The molecule has 1 N–H and O–H groups in total. The van der Waals surface area contributed by atoms with Crippen molar-refractivity contribution in [2.24, 2.45) is 0 Å². The Balaban J connectivity index is 2.63. The van der Waals surface area contributed by atoms with E-state index in [2.05, 4.69) is 0 Å². The lowest BCUT2D eigenvalue weighted by atomic mass is 10.2. The summed E-state index contributed by atoms with van der Waals surface area (Å²) in [6.07, 6.45) is 3.09. The van der Waals surface area contributed by atoms with E-state index in [9.17, 15) is 13.6 Å². The molecule has 0 spiro atoms. The fourth-order valence-corrected chi connectivity index (χ4v) is 1.39. The van der Waals surface area contributed by atoms with Crippen LogP contribution in [0.3, 0.4) is 0 Å². The number of hydrogen-bond acceptors (Lipinski definition) is 1. The van der Waals surface area contributed by atoms with Gasteiger partial charge in [-0.1, -0.05) is 0 Å². The second-order valence-corrected chi connectivity index (χ2v) is 3.18. The summed E-state index contributed by atoms with van der Waals surface area (Å²) in [5.74, 6) is -3.31. The Labute approximate surface area is 89.6 Å². The highest BCUT2D eigenvalue weighted by Gasteiger charge is 2.15. The number of hydrogen-bond donors (Lipinski definition) is 1. The minimum Gasteiger partial charge on any atom is -0.478 e. The maximum atomic E-state index is 13.4. The average molecular weight is 223 g/mol. The Kier molecular flexibility index (Phi) is 2.44. The van der Waals surface area contributed by atoms with Crippen molar-refractivity contribution in [3.8, 4) is 5.69 Å². The maximum Gasteiger partial charge on any atom is 0.338 e. The first-order valence-corrected chi connectivity index (χ1v) is 4.45. The van der Waals surface area contributed by atoms with Crippen LogP contribution in [0.5, 0.6) is 0 Å². The topological polar surface area (TPSA) is 42.2 Å². The highest BCUT2D eigenvalue weighted by Crippen LogP contribution is 2.18. The number of carboxylic acid groups (broad SMARTS) is 1. The van der Waals surface area contributed by atoms with Crippen LogP contribution in [0.15, 0.2) is 36.7 Å². The molecule has 0 bridgehead atoms. The maximum absolute atomic E-state index is 13.4. The number of benzene rings is 1. The molecule has 1 aromatic heterocycles. The van der Waals surface area contributed by atoms with Crippen molar-refractivity contribution in [3.05, 3.63) is 53.9 Å². The highest BCUT2D eigenvalue weighted by atomic mass is 19.1. The molecule has 5 heteroatoms. The number of nitrogens with zero attached hydrogens (tertiary/aromatic N) is 1. The van der Waals surface area contributed by atoms with Gasteiger partial charge in [0.15, 0.2) is 0 Å². The van der Waals surface area contributed by atoms with E-state index in [1.807, 2.05) is 0 Å². The number of halogens is 2. The number of carbonyl (C=O) groups is 1. The third-order valence-electron chi connectivity index (χ3n) is 2.15. The summed E-state index contributed by atoms with van der Waals surface area (Å²) in [4.78, 5) is 10.7. The molecule has 82 valence electrons. The van der Waals surface area contributed by atoms with Gasteiger partial charge in [-0.15, -0.1) is 0 Å². The second-order valence-electron chi connectivity index (χ2n) is 3.18. The predicted molar refractivity (Wildman–Crippen MR) is 52.6 cm³/mol. The first-order chi connectivity index (χ1) is 7.59. The molecule has 3 nitrogen and oxygen atoms in total. The van der Waals surface area contributed by atoms with Crippen LogP contribution < -0.4 is 0 Å². The SMILES string of the molecule is O=C(O)c1cc(-n2cccc2)c(F)cc1F. The highest BCUT2D eigenvalue weighted by molar-refractivity contribution is 5.88. The van der Waals surface area contributed by atoms with Gasteiger partial charge >= 0.3 is 5.97 Å². The fourth-order valence-electron chi connectivity index (χ4n) is 1.39. The molecule has 0 radical (unpaired) electrons. The molecule has 0 fully saturated rings. The Bertz CT molecular complexity index is 535. The lowest BCUT2D eigenvalue weighted by Gasteiger charge is -2.06. The van der Waals surface area contributed by atoms with Gasteiger partial charge in [-0.3, -0.25) is 0 Å². The van der Waals surface area contributed by atoms with Gasteiger partial charge in [-0.25, -0.2) is 13.6 Å². The average Bonchev–Trinajstić information content (AvgIpc) is 2.70. The minimum absolute atomic E-state index is 0.00352. The van der Waals surface area contributed by atoms with Crippen molar-refractivity contribution in [1.29, 1.82) is 0 Å². The lowest BCUT2D eigenvalue weighted by Crippen LogP contribution is -2.05. The van der Waals surface area contributed by atoms with Crippen molar-refractivity contribution >= 4 is 5.97 Å². The summed E-state index contributed by atoms with van der Waals surface area (Å²) in [6, 6.07) is 4.85. The molecule has 1 aromatic carbocycles. The van der Waals surface area contributed by atoms with Gasteiger partial charge in [-0.2, -0.15) is 0 Å². The summed E-state index contributed by atoms with van der Waals surface area (Å²) in [7, 11) is 0. The molecule has 0 aliphatic heterocycles. The predicted octanol–water partition coefficient (Wildman–Crippen LogP) is 2.45. The molecule has 16 heavy (non-hydrogen) atoms. The van der Waals surface area contributed by atoms with Crippen LogP contribution in [0.1, 0.15) is 10.4 Å². The number of rotatable bonds is 2. The first kappa shape index (κ1) is 10.4. The standard InChI is InChI=1S/C11H7F2NO2/c12-8-6-9(13)10(5-7(8)11(15)16)14-3-1-2-4-14/h1-6H,(H,15,16). The van der Waals surface area contributed by atoms with Crippen molar-refractivity contribution in [2.45, 2.75) is 0 Å². The van der Waals surface area contributed by atoms with Crippen molar-refractivity contribution in [3.63, 3.8) is 0 Å². The molecule has 0 unspecified atom stereocenters. The Morgan fingerprint density at radius 3 is 2.31 bits per heavy atom. The summed E-state index contributed by atoms with van der Waals surface area (Å²) in [6.45, 7) is 0. The summed E-state index contributed by atoms with van der Waals surface area (Å²) in [5.41, 5.74) is -0.547. The summed E-state index contributed by atoms with van der Waals surface area (Å²) < 4.78 is 27.9. The Hall–Kier alpha value is -2.17. The van der Waals surface area contributed by atoms with Crippen LogP contribution in [0, 0.1) is 11.6 Å². The van der Waals surface area contributed by atoms with Gasteiger partial charge in [0.25, 0.3) is 0 Å². The van der Waals surface area contributed by atoms with Crippen LogP contribution in [-0.2, 0) is 0 Å². The first-order valence-electron chi connectivity index (χ1n) is 4.45. The summed E-state index contributed by atoms with van der Waals surface area (Å²) >= 11 is 0. The zero-order valence-electron chi connectivity index (χ0n) is 8.02. The van der Waals surface area contributed by atoms with Gasteiger partial charge in [0.2, 0.25) is 0 Å². The van der Waals surface area contributed by atoms with Crippen molar-refractivity contribution in [1.82, 2.24) is 4.57 Å². The van der Waals surface area contributed by atoms with Gasteiger partial charge in [0.05, 0.1) is 11.3 Å². The molecule has 0 aliphatic rings. The third kappa shape index (κ3) is 1.67. The normalized spacial score (nSPS) is 10.4. The number of carboxylic acids is 1. The molecule has 0 saturated heterocycles. The quantitative estimate of drug-likeness (QED) is 0.849. The monoisotopic (exact) mass is 223 g/mol. The zero-order valence-corrected chi connectivity index (χ0v) is 8.02. The smallest absolute Gasteiger partial charge is 0.338 e. The molecular weight excluding hydrogens is 216 g/mol. The Morgan fingerprint density at radius 2 is 1.75 bits per heavy atom. The molecule has 0 saturated carbocycles. The molecule has 0 aliphatic carbocycles. The molecule has 0 atom stereocenters. The summed E-state index contributed by atoms with van der Waals surface area (Å²) in [5, 5.41) is 8.71. The van der Waals surface area contributed by atoms with E-state index in [1.165, 1.54) is 4.57 Å². The van der Waals surface area contributed by atoms with Crippen LogP contribution >= 0.6 is 0 Å². The zero-order chi connectivity index (χ0) is 11.7. The minimum atomic E-state index is -1.43.